The Morgan fingerprint density at radius 2 is 1.75 bits per heavy atom. The number of nitrogen functional groups attached to an aromatic ring is 1. The maximum atomic E-state index is 13.1. The Balaban J connectivity index is 2.49. The summed E-state index contributed by atoms with van der Waals surface area (Å²) in [6, 6.07) is 4.37. The molecule has 1 aromatic heterocycles. The maximum Gasteiger partial charge on any atom is 0.227 e. The molecule has 0 saturated heterocycles. The fraction of sp³-hybridized carbons (Fsp3) is 0.474. The van der Waals surface area contributed by atoms with Gasteiger partial charge in [0.15, 0.2) is 0 Å². The van der Waals surface area contributed by atoms with Crippen LogP contribution in [0.2, 0.25) is 5.02 Å². The molecule has 0 saturated carbocycles. The van der Waals surface area contributed by atoms with Gasteiger partial charge in [-0.05, 0) is 30.0 Å². The molecule has 2 rings (SSSR count). The van der Waals surface area contributed by atoms with Gasteiger partial charge in [0.1, 0.15) is 21.4 Å². The Bertz CT molecular complexity index is 923. The van der Waals surface area contributed by atoms with E-state index < -0.39 is 9.84 Å². The van der Waals surface area contributed by atoms with E-state index in [4.69, 9.17) is 22.1 Å². The molecule has 0 spiro atoms. The lowest BCUT2D eigenvalue weighted by atomic mass is 10.1. The summed E-state index contributed by atoms with van der Waals surface area (Å²) in [6.07, 6.45) is 1.25. The first kappa shape index (κ1) is 22.2. The van der Waals surface area contributed by atoms with Gasteiger partial charge in [0.05, 0.1) is 13.3 Å². The lowest BCUT2D eigenvalue weighted by molar-refractivity contribution is 0.402. The molecule has 0 bridgehead atoms. The first-order valence-corrected chi connectivity index (χ1v) is 10.9. The van der Waals surface area contributed by atoms with Gasteiger partial charge in [-0.3, -0.25) is 0 Å². The highest BCUT2D eigenvalue weighted by Crippen LogP contribution is 2.33. The molecule has 0 atom stereocenters. The van der Waals surface area contributed by atoms with Crippen LogP contribution in [0.3, 0.4) is 0 Å². The van der Waals surface area contributed by atoms with Gasteiger partial charge in [-0.15, -0.1) is 0 Å². The Morgan fingerprint density at radius 1 is 1.14 bits per heavy atom. The highest BCUT2D eigenvalue weighted by Gasteiger charge is 2.27. The number of halogens is 1. The molecular weight excluding hydrogens is 400 g/mol. The van der Waals surface area contributed by atoms with E-state index in [0.717, 1.165) is 13.1 Å². The van der Waals surface area contributed by atoms with Crippen LogP contribution in [0, 0.1) is 11.8 Å². The molecule has 0 radical (unpaired) electrons. The molecule has 154 valence electrons. The van der Waals surface area contributed by atoms with Gasteiger partial charge in [0.25, 0.3) is 0 Å². The van der Waals surface area contributed by atoms with Crippen molar-refractivity contribution in [1.29, 1.82) is 0 Å². The van der Waals surface area contributed by atoms with E-state index in [1.54, 1.807) is 6.07 Å². The zero-order valence-electron chi connectivity index (χ0n) is 16.8. The third kappa shape index (κ3) is 5.05. The van der Waals surface area contributed by atoms with Crippen molar-refractivity contribution < 1.29 is 13.2 Å². The van der Waals surface area contributed by atoms with Gasteiger partial charge >= 0.3 is 0 Å². The number of methoxy groups -OCH3 is 1. The number of aromatic nitrogens is 2. The predicted octanol–water partition coefficient (Wildman–Crippen LogP) is 3.67. The molecular formula is C19H27ClN4O3S. The van der Waals surface area contributed by atoms with Crippen LogP contribution < -0.4 is 15.4 Å². The molecule has 0 unspecified atom stereocenters. The van der Waals surface area contributed by atoms with Crippen LogP contribution in [0.15, 0.2) is 34.2 Å². The van der Waals surface area contributed by atoms with Crippen molar-refractivity contribution >= 4 is 33.2 Å². The van der Waals surface area contributed by atoms with Crippen molar-refractivity contribution in [2.75, 3.05) is 30.8 Å². The molecule has 0 aliphatic heterocycles. The third-order valence-corrected chi connectivity index (χ3v) is 5.96. The van der Waals surface area contributed by atoms with Gasteiger partial charge < -0.3 is 15.4 Å². The Kier molecular flexibility index (Phi) is 7.11. The topological polar surface area (TPSA) is 98.4 Å². The minimum atomic E-state index is -4.00. The van der Waals surface area contributed by atoms with Crippen LogP contribution in [0.5, 0.6) is 5.75 Å². The summed E-state index contributed by atoms with van der Waals surface area (Å²) in [5.41, 5.74) is 6.04. The summed E-state index contributed by atoms with van der Waals surface area (Å²) in [6.45, 7) is 9.88. The SMILES string of the molecule is COc1ccc(Cl)cc1S(=O)(=O)c1cnc(N(CC(C)C)CC(C)C)nc1N. The van der Waals surface area contributed by atoms with Crippen LogP contribution in [0.25, 0.3) is 0 Å². The highest BCUT2D eigenvalue weighted by molar-refractivity contribution is 7.91. The van der Waals surface area contributed by atoms with Crippen LogP contribution in [0.4, 0.5) is 11.8 Å². The summed E-state index contributed by atoms with van der Waals surface area (Å²) >= 11 is 5.98. The summed E-state index contributed by atoms with van der Waals surface area (Å²) in [7, 11) is -2.61. The van der Waals surface area contributed by atoms with Crippen LogP contribution >= 0.6 is 11.6 Å². The second kappa shape index (κ2) is 8.96. The normalized spacial score (nSPS) is 11.9. The average Bonchev–Trinajstić information content (AvgIpc) is 2.60. The molecule has 7 nitrogen and oxygen atoms in total. The van der Waals surface area contributed by atoms with E-state index in [2.05, 4.69) is 37.7 Å². The summed E-state index contributed by atoms with van der Waals surface area (Å²) in [5, 5.41) is 0.274. The van der Waals surface area contributed by atoms with Crippen molar-refractivity contribution in [3.05, 3.63) is 29.4 Å². The molecule has 9 heteroatoms. The Hall–Kier alpha value is -2.06. The summed E-state index contributed by atoms with van der Waals surface area (Å²) in [5.74, 6) is 1.26. The van der Waals surface area contributed by atoms with Crippen molar-refractivity contribution in [1.82, 2.24) is 9.97 Å². The van der Waals surface area contributed by atoms with Crippen LogP contribution in [-0.4, -0.2) is 38.6 Å². The second-order valence-corrected chi connectivity index (χ2v) is 9.73. The smallest absolute Gasteiger partial charge is 0.227 e. The van der Waals surface area contributed by atoms with E-state index in [9.17, 15) is 8.42 Å². The fourth-order valence-electron chi connectivity index (χ4n) is 2.83. The second-order valence-electron chi connectivity index (χ2n) is 7.41. The highest BCUT2D eigenvalue weighted by atomic mass is 35.5. The van der Waals surface area contributed by atoms with E-state index in [1.165, 1.54) is 25.4 Å². The quantitative estimate of drug-likeness (QED) is 0.687. The summed E-state index contributed by atoms with van der Waals surface area (Å²) in [4.78, 5) is 10.4. The first-order valence-electron chi connectivity index (χ1n) is 9.02. The lowest BCUT2D eigenvalue weighted by Gasteiger charge is -2.26. The minimum Gasteiger partial charge on any atom is -0.495 e. The van der Waals surface area contributed by atoms with E-state index in [0.29, 0.717) is 17.8 Å². The molecule has 0 fully saturated rings. The Morgan fingerprint density at radius 3 is 2.25 bits per heavy atom. The maximum absolute atomic E-state index is 13.1. The molecule has 0 aliphatic carbocycles. The minimum absolute atomic E-state index is 0.0771. The van der Waals surface area contributed by atoms with Crippen molar-refractivity contribution in [2.24, 2.45) is 11.8 Å². The molecule has 0 aliphatic rings. The van der Waals surface area contributed by atoms with Crippen LogP contribution in [-0.2, 0) is 9.84 Å². The largest absolute Gasteiger partial charge is 0.495 e. The van der Waals surface area contributed by atoms with Gasteiger partial charge in [0, 0.05) is 18.1 Å². The number of ether oxygens (including phenoxy) is 1. The monoisotopic (exact) mass is 426 g/mol. The van der Waals surface area contributed by atoms with Gasteiger partial charge in [0.2, 0.25) is 15.8 Å². The fourth-order valence-corrected chi connectivity index (χ4v) is 4.52. The zero-order chi connectivity index (χ0) is 21.1. The first-order chi connectivity index (χ1) is 13.1. The molecule has 2 aromatic rings. The van der Waals surface area contributed by atoms with Crippen molar-refractivity contribution in [3.8, 4) is 5.75 Å². The number of sulfone groups is 1. The number of rotatable bonds is 8. The Labute approximate surface area is 171 Å². The molecule has 28 heavy (non-hydrogen) atoms. The number of benzene rings is 1. The number of hydrogen-bond donors (Lipinski definition) is 1. The van der Waals surface area contributed by atoms with Crippen LogP contribution in [0.1, 0.15) is 27.7 Å². The van der Waals surface area contributed by atoms with Gasteiger partial charge in [-0.25, -0.2) is 13.4 Å². The lowest BCUT2D eigenvalue weighted by Crippen LogP contribution is -2.33. The third-order valence-electron chi connectivity index (χ3n) is 3.93. The zero-order valence-corrected chi connectivity index (χ0v) is 18.4. The number of hydrogen-bond acceptors (Lipinski definition) is 7. The standard InChI is InChI=1S/C19H27ClN4O3S/c1-12(2)10-24(11-13(3)4)19-22-9-17(18(21)23-19)28(25,26)16-8-14(20)6-7-15(16)27-5/h6-9,12-13H,10-11H2,1-5H3,(H2,21,22,23). The van der Waals surface area contributed by atoms with Crippen molar-refractivity contribution in [2.45, 2.75) is 37.5 Å². The summed E-state index contributed by atoms with van der Waals surface area (Å²) < 4.78 is 31.4. The van der Waals surface area contributed by atoms with E-state index in [-0.39, 0.29) is 26.4 Å². The predicted molar refractivity (Wildman–Crippen MR) is 112 cm³/mol. The molecule has 2 N–H and O–H groups in total. The van der Waals surface area contributed by atoms with Gasteiger partial charge in [-0.2, -0.15) is 4.98 Å². The molecule has 1 heterocycles. The average molecular weight is 427 g/mol. The number of anilines is 2. The molecule has 1 aromatic carbocycles. The van der Waals surface area contributed by atoms with E-state index in [1.807, 2.05) is 4.90 Å². The van der Waals surface area contributed by atoms with Gasteiger partial charge in [-0.1, -0.05) is 39.3 Å². The van der Waals surface area contributed by atoms with Crippen molar-refractivity contribution in [3.63, 3.8) is 0 Å². The van der Waals surface area contributed by atoms with E-state index >= 15 is 0 Å². The number of nitrogens with zero attached hydrogens (tertiary/aromatic N) is 3. The number of nitrogens with two attached hydrogens (primary N) is 1. The molecule has 0 amide bonds.